The van der Waals surface area contributed by atoms with Crippen LogP contribution in [0, 0.1) is 0 Å². The van der Waals surface area contributed by atoms with Crippen LogP contribution in [0.25, 0.3) is 16.5 Å². The average Bonchev–Trinajstić information content (AvgIpc) is 3.19. The third-order valence-corrected chi connectivity index (χ3v) is 6.40. The van der Waals surface area contributed by atoms with Gasteiger partial charge in [0.05, 0.1) is 0 Å². The summed E-state index contributed by atoms with van der Waals surface area (Å²) >= 11 is 0. The maximum Gasteiger partial charge on any atom is 0.257 e. The van der Waals surface area contributed by atoms with Crippen LogP contribution >= 0.6 is 0 Å². The number of nitrogens with zero attached hydrogens (tertiary/aromatic N) is 2. The molecule has 1 unspecified atom stereocenters. The molecule has 0 aliphatic carbocycles. The van der Waals surface area contributed by atoms with E-state index in [4.69, 9.17) is 0 Å². The average molecular weight is 401 g/mol. The SMILES string of the molecule is CC1=CN2C(=O)C(CCN3CC=C(c4c[nH]c5ccccc45)CC3)=C(C)NC2C=C1. The molecule has 5 rings (SSSR count). The first-order valence-corrected chi connectivity index (χ1v) is 10.7. The smallest absolute Gasteiger partial charge is 0.257 e. The molecule has 0 bridgehead atoms. The highest BCUT2D eigenvalue weighted by Gasteiger charge is 2.31. The number of hydrogen-bond donors (Lipinski definition) is 2. The molecule has 0 saturated carbocycles. The van der Waals surface area contributed by atoms with Crippen LogP contribution in [0.4, 0.5) is 0 Å². The molecule has 0 fully saturated rings. The van der Waals surface area contributed by atoms with Gasteiger partial charge in [-0.15, -0.1) is 0 Å². The fourth-order valence-electron chi connectivity index (χ4n) is 4.67. The molecule has 3 aliphatic rings. The van der Waals surface area contributed by atoms with Crippen molar-refractivity contribution in [2.75, 3.05) is 19.6 Å². The van der Waals surface area contributed by atoms with Gasteiger partial charge in [0.15, 0.2) is 0 Å². The van der Waals surface area contributed by atoms with Crippen molar-refractivity contribution in [1.82, 2.24) is 20.1 Å². The summed E-state index contributed by atoms with van der Waals surface area (Å²) in [7, 11) is 0. The number of nitrogens with one attached hydrogen (secondary N) is 2. The highest BCUT2D eigenvalue weighted by molar-refractivity contribution is 5.96. The predicted octanol–water partition coefficient (Wildman–Crippen LogP) is 4.15. The van der Waals surface area contributed by atoms with E-state index in [9.17, 15) is 4.79 Å². The number of fused-ring (bicyclic) bond motifs is 2. The molecule has 0 spiro atoms. The second kappa shape index (κ2) is 7.65. The molecule has 4 heterocycles. The van der Waals surface area contributed by atoms with Crippen LogP contribution in [0.3, 0.4) is 0 Å². The van der Waals surface area contributed by atoms with Crippen LogP contribution in [0.2, 0.25) is 0 Å². The molecule has 154 valence electrons. The lowest BCUT2D eigenvalue weighted by atomic mass is 9.98. The molecule has 1 aromatic carbocycles. The Labute approximate surface area is 177 Å². The summed E-state index contributed by atoms with van der Waals surface area (Å²) in [6.07, 6.45) is 12.3. The maximum absolute atomic E-state index is 13.0. The monoisotopic (exact) mass is 400 g/mol. The first-order chi connectivity index (χ1) is 14.6. The second-order valence-electron chi connectivity index (χ2n) is 8.42. The summed E-state index contributed by atoms with van der Waals surface area (Å²) in [5.74, 6) is 0.131. The molecular formula is C25H28N4O. The van der Waals surface area contributed by atoms with Gasteiger partial charge in [0.2, 0.25) is 0 Å². The Morgan fingerprint density at radius 3 is 2.90 bits per heavy atom. The van der Waals surface area contributed by atoms with E-state index in [0.29, 0.717) is 0 Å². The molecule has 5 nitrogen and oxygen atoms in total. The van der Waals surface area contributed by atoms with Crippen LogP contribution in [-0.4, -0.2) is 46.5 Å². The lowest BCUT2D eigenvalue weighted by Gasteiger charge is -2.37. The van der Waals surface area contributed by atoms with Crippen LogP contribution in [0.15, 0.2) is 71.7 Å². The van der Waals surface area contributed by atoms with E-state index in [1.54, 1.807) is 0 Å². The number of H-pyrrole nitrogens is 1. The highest BCUT2D eigenvalue weighted by Crippen LogP contribution is 2.30. The number of para-hydroxylation sites is 1. The first kappa shape index (κ1) is 18.9. The fraction of sp³-hybridized carbons (Fsp3) is 0.320. The van der Waals surface area contributed by atoms with Crippen molar-refractivity contribution in [3.05, 3.63) is 77.3 Å². The minimum atomic E-state index is -0.0541. The lowest BCUT2D eigenvalue weighted by molar-refractivity contribution is -0.127. The number of rotatable bonds is 4. The van der Waals surface area contributed by atoms with Crippen molar-refractivity contribution in [3.63, 3.8) is 0 Å². The van der Waals surface area contributed by atoms with Crippen LogP contribution in [0.1, 0.15) is 32.3 Å². The minimum Gasteiger partial charge on any atom is -0.365 e. The number of aromatic nitrogens is 1. The third kappa shape index (κ3) is 3.39. The van der Waals surface area contributed by atoms with Gasteiger partial charge >= 0.3 is 0 Å². The molecule has 1 atom stereocenters. The molecular weight excluding hydrogens is 372 g/mol. The topological polar surface area (TPSA) is 51.4 Å². The largest absolute Gasteiger partial charge is 0.365 e. The molecule has 3 aliphatic heterocycles. The Kier molecular flexibility index (Phi) is 4.83. The van der Waals surface area contributed by atoms with Crippen LogP contribution < -0.4 is 5.32 Å². The number of benzene rings is 1. The summed E-state index contributed by atoms with van der Waals surface area (Å²) in [6, 6.07) is 8.47. The zero-order chi connectivity index (χ0) is 20.7. The minimum absolute atomic E-state index is 0.0541. The lowest BCUT2D eigenvalue weighted by Crippen LogP contribution is -2.50. The molecule has 2 N–H and O–H groups in total. The van der Waals surface area contributed by atoms with Crippen molar-refractivity contribution in [2.24, 2.45) is 0 Å². The van der Waals surface area contributed by atoms with Crippen molar-refractivity contribution in [3.8, 4) is 0 Å². The molecule has 5 heteroatoms. The third-order valence-electron chi connectivity index (χ3n) is 6.40. The van der Waals surface area contributed by atoms with Gasteiger partial charge in [-0.1, -0.05) is 30.4 Å². The predicted molar refractivity (Wildman–Crippen MR) is 121 cm³/mol. The van der Waals surface area contributed by atoms with Gasteiger partial charge in [0, 0.05) is 59.8 Å². The Hall–Kier alpha value is -3.05. The molecule has 1 aromatic heterocycles. The molecule has 2 aromatic rings. The van der Waals surface area contributed by atoms with Crippen molar-refractivity contribution in [2.45, 2.75) is 32.9 Å². The van der Waals surface area contributed by atoms with Gasteiger partial charge in [0.25, 0.3) is 5.91 Å². The second-order valence-corrected chi connectivity index (χ2v) is 8.42. The van der Waals surface area contributed by atoms with Gasteiger partial charge in [-0.05, 0) is 50.0 Å². The maximum atomic E-state index is 13.0. The van der Waals surface area contributed by atoms with E-state index in [-0.39, 0.29) is 12.1 Å². The van der Waals surface area contributed by atoms with E-state index >= 15 is 0 Å². The van der Waals surface area contributed by atoms with E-state index < -0.39 is 0 Å². The quantitative estimate of drug-likeness (QED) is 0.811. The summed E-state index contributed by atoms with van der Waals surface area (Å²) in [6.45, 7) is 6.89. The van der Waals surface area contributed by atoms with Crippen molar-refractivity contribution < 1.29 is 4.79 Å². The number of aromatic amines is 1. The Morgan fingerprint density at radius 1 is 1.20 bits per heavy atom. The zero-order valence-electron chi connectivity index (χ0n) is 17.6. The van der Waals surface area contributed by atoms with E-state index in [1.165, 1.54) is 22.0 Å². The van der Waals surface area contributed by atoms with E-state index in [1.807, 2.05) is 24.9 Å². The Balaban J connectivity index is 1.25. The first-order valence-electron chi connectivity index (χ1n) is 10.7. The van der Waals surface area contributed by atoms with Gasteiger partial charge in [-0.3, -0.25) is 14.6 Å². The molecule has 0 radical (unpaired) electrons. The van der Waals surface area contributed by atoms with E-state index in [0.717, 1.165) is 49.3 Å². The summed E-state index contributed by atoms with van der Waals surface area (Å²) < 4.78 is 0. The number of carbonyl (C=O) groups excluding carboxylic acids is 1. The molecule has 30 heavy (non-hydrogen) atoms. The highest BCUT2D eigenvalue weighted by atomic mass is 16.2. The molecule has 1 amide bonds. The zero-order valence-corrected chi connectivity index (χ0v) is 17.6. The fourth-order valence-corrected chi connectivity index (χ4v) is 4.67. The van der Waals surface area contributed by atoms with Gasteiger partial charge in [-0.2, -0.15) is 0 Å². The van der Waals surface area contributed by atoms with Gasteiger partial charge in [0.1, 0.15) is 6.17 Å². The Morgan fingerprint density at radius 2 is 2.07 bits per heavy atom. The number of amides is 1. The summed E-state index contributed by atoms with van der Waals surface area (Å²) in [5, 5.41) is 4.77. The van der Waals surface area contributed by atoms with Crippen molar-refractivity contribution >= 4 is 22.4 Å². The van der Waals surface area contributed by atoms with Crippen LogP contribution in [-0.2, 0) is 4.79 Å². The van der Waals surface area contributed by atoms with E-state index in [2.05, 4.69) is 63.9 Å². The van der Waals surface area contributed by atoms with Crippen LogP contribution in [0.5, 0.6) is 0 Å². The Bertz CT molecular complexity index is 1120. The number of hydrogen-bond acceptors (Lipinski definition) is 3. The van der Waals surface area contributed by atoms with Crippen molar-refractivity contribution in [1.29, 1.82) is 0 Å². The summed E-state index contributed by atoms with van der Waals surface area (Å²) in [4.78, 5) is 20.7. The summed E-state index contributed by atoms with van der Waals surface area (Å²) in [5.41, 5.74) is 6.94. The number of carbonyl (C=O) groups is 1. The number of allylic oxidation sites excluding steroid dienone is 3. The van der Waals surface area contributed by atoms with Gasteiger partial charge in [-0.25, -0.2) is 0 Å². The standard InChI is InChI=1S/C25H28N4O/c1-17-7-8-24-27-18(2)20(25(30)29(24)16-17)11-14-28-12-9-19(10-13-28)22-15-26-23-6-4-3-5-21(22)23/h3-9,15-16,24,26-27H,10-14H2,1-2H3. The van der Waals surface area contributed by atoms with Gasteiger partial charge < -0.3 is 10.3 Å². The normalized spacial score (nSPS) is 22.1. The molecule has 0 saturated heterocycles.